The van der Waals surface area contributed by atoms with E-state index in [1.807, 2.05) is 0 Å². The Balaban J connectivity index is 2.45. The first-order valence-electron chi connectivity index (χ1n) is 10.9. The topological polar surface area (TPSA) is 105 Å². The fourth-order valence-corrected chi connectivity index (χ4v) is 4.23. The molecule has 0 aliphatic heterocycles. The number of hydrogen-bond acceptors (Lipinski definition) is 6. The third kappa shape index (κ3) is 7.32. The lowest BCUT2D eigenvalue weighted by molar-refractivity contribution is -0.139. The van der Waals surface area contributed by atoms with E-state index in [1.165, 1.54) is 57.5 Å². The number of sulfonamides is 1. The van der Waals surface area contributed by atoms with E-state index in [1.54, 1.807) is 19.9 Å². The third-order valence-corrected chi connectivity index (χ3v) is 6.37. The van der Waals surface area contributed by atoms with Crippen LogP contribution in [0.3, 0.4) is 0 Å². The molecule has 0 saturated carbocycles. The van der Waals surface area contributed by atoms with E-state index < -0.39 is 40.2 Å². The zero-order valence-corrected chi connectivity index (χ0v) is 21.6. The molecule has 0 aliphatic carbocycles. The van der Waals surface area contributed by atoms with Crippen LogP contribution in [0.25, 0.3) is 0 Å². The van der Waals surface area contributed by atoms with Crippen LogP contribution in [0.2, 0.25) is 0 Å². The van der Waals surface area contributed by atoms with Gasteiger partial charge in [-0.3, -0.25) is 13.9 Å². The fraction of sp³-hybridized carbons (Fsp3) is 0.417. The van der Waals surface area contributed by atoms with Crippen molar-refractivity contribution in [3.63, 3.8) is 0 Å². The van der Waals surface area contributed by atoms with Gasteiger partial charge in [0.05, 0.1) is 26.2 Å². The van der Waals surface area contributed by atoms with Gasteiger partial charge in [-0.1, -0.05) is 18.2 Å². The van der Waals surface area contributed by atoms with Gasteiger partial charge < -0.3 is 19.7 Å². The number of carbonyl (C=O) groups is 2. The van der Waals surface area contributed by atoms with Crippen LogP contribution in [0, 0.1) is 5.82 Å². The molecule has 2 aromatic rings. The van der Waals surface area contributed by atoms with Crippen molar-refractivity contribution in [2.75, 3.05) is 31.3 Å². The van der Waals surface area contributed by atoms with Crippen LogP contribution in [-0.2, 0) is 26.2 Å². The van der Waals surface area contributed by atoms with Gasteiger partial charge in [-0.25, -0.2) is 12.8 Å². The van der Waals surface area contributed by atoms with Crippen molar-refractivity contribution in [3.8, 4) is 11.5 Å². The Morgan fingerprint density at radius 3 is 2.20 bits per heavy atom. The van der Waals surface area contributed by atoms with E-state index in [4.69, 9.17) is 9.47 Å². The number of amides is 2. The minimum absolute atomic E-state index is 0.170. The van der Waals surface area contributed by atoms with Crippen molar-refractivity contribution in [2.24, 2.45) is 0 Å². The predicted molar refractivity (Wildman–Crippen MR) is 131 cm³/mol. The van der Waals surface area contributed by atoms with Crippen LogP contribution in [0.4, 0.5) is 10.1 Å². The highest BCUT2D eigenvalue weighted by Gasteiger charge is 2.31. The second-order valence-electron chi connectivity index (χ2n) is 8.26. The van der Waals surface area contributed by atoms with Crippen LogP contribution in [0.1, 0.15) is 26.3 Å². The van der Waals surface area contributed by atoms with Crippen LogP contribution in [0.15, 0.2) is 42.5 Å². The Morgan fingerprint density at radius 2 is 1.66 bits per heavy atom. The number of methoxy groups -OCH3 is 2. The summed E-state index contributed by atoms with van der Waals surface area (Å²) in [6.45, 7) is 4.23. The van der Waals surface area contributed by atoms with Gasteiger partial charge in [0.1, 0.15) is 18.4 Å². The molecule has 2 amide bonds. The molecule has 0 aliphatic rings. The van der Waals surface area contributed by atoms with Crippen molar-refractivity contribution in [1.82, 2.24) is 10.2 Å². The first-order valence-corrected chi connectivity index (χ1v) is 12.8. The number of nitrogens with zero attached hydrogens (tertiary/aromatic N) is 2. The Labute approximate surface area is 205 Å². The number of carbonyl (C=O) groups excluding carboxylic acids is 2. The fourth-order valence-electron chi connectivity index (χ4n) is 3.39. The van der Waals surface area contributed by atoms with E-state index >= 15 is 0 Å². The number of hydrogen-bond donors (Lipinski definition) is 1. The summed E-state index contributed by atoms with van der Waals surface area (Å²) < 4.78 is 51.0. The Kier molecular flexibility index (Phi) is 9.47. The maximum absolute atomic E-state index is 14.4. The summed E-state index contributed by atoms with van der Waals surface area (Å²) in [5.74, 6) is -1.00. The lowest BCUT2D eigenvalue weighted by atomic mass is 10.1. The molecule has 0 spiro atoms. The van der Waals surface area contributed by atoms with Crippen molar-refractivity contribution in [2.45, 2.75) is 39.4 Å². The number of benzene rings is 2. The molecule has 11 heteroatoms. The van der Waals surface area contributed by atoms with Crippen molar-refractivity contribution >= 4 is 27.5 Å². The van der Waals surface area contributed by atoms with E-state index in [2.05, 4.69) is 5.32 Å². The van der Waals surface area contributed by atoms with Gasteiger partial charge in [0.2, 0.25) is 21.8 Å². The van der Waals surface area contributed by atoms with Crippen LogP contribution < -0.4 is 19.1 Å². The molecule has 0 fully saturated rings. The van der Waals surface area contributed by atoms with E-state index in [0.29, 0.717) is 5.75 Å². The number of anilines is 1. The highest BCUT2D eigenvalue weighted by Crippen LogP contribution is 2.32. The van der Waals surface area contributed by atoms with Crippen LogP contribution >= 0.6 is 0 Å². The van der Waals surface area contributed by atoms with Crippen molar-refractivity contribution < 1.29 is 31.9 Å². The zero-order chi connectivity index (χ0) is 26.3. The summed E-state index contributed by atoms with van der Waals surface area (Å²) in [6.07, 6.45) is 0.965. The molecule has 2 rings (SSSR count). The summed E-state index contributed by atoms with van der Waals surface area (Å²) >= 11 is 0. The Bertz CT molecular complexity index is 1160. The standard InChI is InChI=1S/C24H32FN3O6S/c1-16(2)26-24(30)17(3)27(14-18-9-7-8-10-20(18)25)23(29)15-28(35(6,31)32)19-11-12-21(33-4)22(13-19)34-5/h7-13,16-17H,14-15H2,1-6H3,(H,26,30)/t17-/m1/s1. The second kappa shape index (κ2) is 11.9. The minimum atomic E-state index is -3.92. The predicted octanol–water partition coefficient (Wildman–Crippen LogP) is 2.55. The molecule has 192 valence electrons. The lowest BCUT2D eigenvalue weighted by Crippen LogP contribution is -2.52. The Hall–Kier alpha value is -3.34. The average Bonchev–Trinajstić information content (AvgIpc) is 2.79. The largest absolute Gasteiger partial charge is 0.493 e. The smallest absolute Gasteiger partial charge is 0.244 e. The third-order valence-electron chi connectivity index (χ3n) is 5.23. The van der Waals surface area contributed by atoms with E-state index in [0.717, 1.165) is 15.5 Å². The van der Waals surface area contributed by atoms with Crippen LogP contribution in [-0.4, -0.2) is 64.2 Å². The normalized spacial score (nSPS) is 12.1. The summed E-state index contributed by atoms with van der Waals surface area (Å²) in [7, 11) is -1.07. The maximum Gasteiger partial charge on any atom is 0.244 e. The molecule has 1 N–H and O–H groups in total. The molecule has 1 atom stereocenters. The first-order chi connectivity index (χ1) is 16.4. The molecule has 9 nitrogen and oxygen atoms in total. The summed E-state index contributed by atoms with van der Waals surface area (Å²) in [6, 6.07) is 9.15. The Morgan fingerprint density at radius 1 is 1.03 bits per heavy atom. The molecular weight excluding hydrogens is 477 g/mol. The average molecular weight is 510 g/mol. The van der Waals surface area contributed by atoms with E-state index in [9.17, 15) is 22.4 Å². The summed E-state index contributed by atoms with van der Waals surface area (Å²) in [5.41, 5.74) is 0.366. The molecule has 0 unspecified atom stereocenters. The number of rotatable bonds is 11. The van der Waals surface area contributed by atoms with Crippen LogP contribution in [0.5, 0.6) is 11.5 Å². The van der Waals surface area contributed by atoms with Gasteiger partial charge in [-0.05, 0) is 39.0 Å². The summed E-state index contributed by atoms with van der Waals surface area (Å²) in [4.78, 5) is 27.3. The summed E-state index contributed by atoms with van der Waals surface area (Å²) in [5, 5.41) is 2.73. The minimum Gasteiger partial charge on any atom is -0.493 e. The first kappa shape index (κ1) is 27.9. The molecule has 0 saturated heterocycles. The molecule has 2 aromatic carbocycles. The molecule has 0 aromatic heterocycles. The lowest BCUT2D eigenvalue weighted by Gasteiger charge is -2.32. The number of ether oxygens (including phenoxy) is 2. The van der Waals surface area contributed by atoms with Crippen molar-refractivity contribution in [3.05, 3.63) is 53.8 Å². The van der Waals surface area contributed by atoms with Gasteiger partial charge in [0, 0.05) is 24.2 Å². The van der Waals surface area contributed by atoms with Gasteiger partial charge in [-0.15, -0.1) is 0 Å². The zero-order valence-electron chi connectivity index (χ0n) is 20.7. The molecule has 0 heterocycles. The quantitative estimate of drug-likeness (QED) is 0.499. The molecule has 35 heavy (non-hydrogen) atoms. The van der Waals surface area contributed by atoms with Gasteiger partial charge >= 0.3 is 0 Å². The highest BCUT2D eigenvalue weighted by atomic mass is 32.2. The maximum atomic E-state index is 14.4. The number of halogens is 1. The van der Waals surface area contributed by atoms with Gasteiger partial charge in [0.15, 0.2) is 11.5 Å². The molecule has 0 bridgehead atoms. The van der Waals surface area contributed by atoms with Gasteiger partial charge in [0.25, 0.3) is 0 Å². The highest BCUT2D eigenvalue weighted by molar-refractivity contribution is 7.92. The number of nitrogens with one attached hydrogen (secondary N) is 1. The second-order valence-corrected chi connectivity index (χ2v) is 10.2. The van der Waals surface area contributed by atoms with Crippen molar-refractivity contribution in [1.29, 1.82) is 0 Å². The molecule has 0 radical (unpaired) electrons. The SMILES string of the molecule is COc1ccc(N(CC(=O)N(Cc2ccccc2F)[C@H](C)C(=O)NC(C)C)S(C)(=O)=O)cc1OC. The monoisotopic (exact) mass is 509 g/mol. The van der Waals surface area contributed by atoms with Gasteiger partial charge in [-0.2, -0.15) is 0 Å². The van der Waals surface area contributed by atoms with E-state index in [-0.39, 0.29) is 29.6 Å². The molecular formula is C24H32FN3O6S.